The van der Waals surface area contributed by atoms with E-state index in [1.54, 1.807) is 18.3 Å². The van der Waals surface area contributed by atoms with Gasteiger partial charge in [-0.2, -0.15) is 0 Å². The van der Waals surface area contributed by atoms with Crippen LogP contribution in [0.1, 0.15) is 18.5 Å². The highest BCUT2D eigenvalue weighted by molar-refractivity contribution is 7.80. The van der Waals surface area contributed by atoms with Crippen LogP contribution in [0.4, 0.5) is 5.69 Å². The molecule has 0 aliphatic heterocycles. The van der Waals surface area contributed by atoms with Crippen LogP contribution in [-0.2, 0) is 15.8 Å². The van der Waals surface area contributed by atoms with Gasteiger partial charge in [0.2, 0.25) is 0 Å². The third-order valence-corrected chi connectivity index (χ3v) is 3.58. The van der Waals surface area contributed by atoms with E-state index in [0.29, 0.717) is 24.2 Å². The fraction of sp³-hybridized carbons (Fsp3) is 0.375. The van der Waals surface area contributed by atoms with Crippen molar-refractivity contribution in [3.8, 4) is 0 Å². The van der Waals surface area contributed by atoms with E-state index in [2.05, 4.69) is 4.98 Å². The second kappa shape index (κ2) is 2.78. The molecule has 2 rings (SSSR count). The molecule has 0 saturated heterocycles. The SMILES string of the molecule is Nc1cccnc1C1(S(=O)O)CC1. The van der Waals surface area contributed by atoms with E-state index in [1.165, 1.54) is 0 Å². The van der Waals surface area contributed by atoms with Gasteiger partial charge in [-0.1, -0.05) is 0 Å². The van der Waals surface area contributed by atoms with Crippen molar-refractivity contribution in [2.24, 2.45) is 0 Å². The monoisotopic (exact) mass is 198 g/mol. The van der Waals surface area contributed by atoms with Crippen LogP contribution in [0.15, 0.2) is 18.3 Å². The minimum absolute atomic E-state index is 0.502. The molecule has 0 radical (unpaired) electrons. The largest absolute Gasteiger partial charge is 0.397 e. The molecule has 1 aliphatic rings. The molecule has 5 heteroatoms. The van der Waals surface area contributed by atoms with Gasteiger partial charge in [0.25, 0.3) is 0 Å². The zero-order valence-corrected chi connectivity index (χ0v) is 7.75. The van der Waals surface area contributed by atoms with Gasteiger partial charge in [0.15, 0.2) is 11.1 Å². The summed E-state index contributed by atoms with van der Waals surface area (Å²) in [6.07, 6.45) is 2.98. The predicted octanol–water partition coefficient (Wildman–Crippen LogP) is 0.875. The van der Waals surface area contributed by atoms with Gasteiger partial charge in [-0.15, -0.1) is 0 Å². The minimum atomic E-state index is -1.87. The average Bonchev–Trinajstić information content (AvgIpc) is 2.85. The molecule has 1 unspecified atom stereocenters. The highest BCUT2D eigenvalue weighted by atomic mass is 32.2. The lowest BCUT2D eigenvalue weighted by molar-refractivity contribution is 0.545. The highest BCUT2D eigenvalue weighted by Gasteiger charge is 2.52. The summed E-state index contributed by atoms with van der Waals surface area (Å²) < 4.78 is 19.5. The van der Waals surface area contributed by atoms with Crippen molar-refractivity contribution < 1.29 is 8.76 Å². The Kier molecular flexibility index (Phi) is 1.85. The molecular weight excluding hydrogens is 188 g/mol. The van der Waals surface area contributed by atoms with Crippen molar-refractivity contribution >= 4 is 16.8 Å². The molecule has 1 atom stereocenters. The number of rotatable bonds is 2. The summed E-state index contributed by atoms with van der Waals surface area (Å²) in [7, 11) is 0. The van der Waals surface area contributed by atoms with Crippen molar-refractivity contribution in [2.45, 2.75) is 17.6 Å². The standard InChI is InChI=1S/C8H10N2O2S/c9-6-2-1-5-10-7(6)8(3-4-8)13(11)12/h1-2,5H,3-4,9H2,(H,11,12). The first kappa shape index (κ1) is 8.65. The van der Waals surface area contributed by atoms with E-state index >= 15 is 0 Å². The molecule has 4 nitrogen and oxygen atoms in total. The minimum Gasteiger partial charge on any atom is -0.397 e. The summed E-state index contributed by atoms with van der Waals surface area (Å²) in [6, 6.07) is 3.42. The van der Waals surface area contributed by atoms with Gasteiger partial charge in [0.1, 0.15) is 4.75 Å². The summed E-state index contributed by atoms with van der Waals surface area (Å²) >= 11 is -1.87. The van der Waals surface area contributed by atoms with E-state index in [1.807, 2.05) is 0 Å². The number of pyridine rings is 1. The topological polar surface area (TPSA) is 76.2 Å². The Hall–Kier alpha value is -0.940. The van der Waals surface area contributed by atoms with Gasteiger partial charge < -0.3 is 10.3 Å². The lowest BCUT2D eigenvalue weighted by Crippen LogP contribution is -2.17. The molecule has 0 bridgehead atoms. The van der Waals surface area contributed by atoms with Crippen LogP contribution in [0, 0.1) is 0 Å². The fourth-order valence-electron chi connectivity index (χ4n) is 1.41. The molecular formula is C8H10N2O2S. The van der Waals surface area contributed by atoms with Crippen LogP contribution in [0.25, 0.3) is 0 Å². The highest BCUT2D eigenvalue weighted by Crippen LogP contribution is 2.51. The maximum atomic E-state index is 11.1. The summed E-state index contributed by atoms with van der Waals surface area (Å²) in [4.78, 5) is 4.06. The Balaban J connectivity index is 2.47. The van der Waals surface area contributed by atoms with E-state index < -0.39 is 15.8 Å². The van der Waals surface area contributed by atoms with Gasteiger partial charge in [0.05, 0.1) is 11.4 Å². The van der Waals surface area contributed by atoms with Gasteiger partial charge >= 0.3 is 0 Å². The van der Waals surface area contributed by atoms with E-state index in [4.69, 9.17) is 10.3 Å². The van der Waals surface area contributed by atoms with Crippen molar-refractivity contribution in [2.75, 3.05) is 5.73 Å². The molecule has 0 aromatic carbocycles. The molecule has 1 aromatic rings. The zero-order valence-electron chi connectivity index (χ0n) is 6.93. The number of hydrogen-bond acceptors (Lipinski definition) is 3. The molecule has 70 valence electrons. The number of anilines is 1. The quantitative estimate of drug-likeness (QED) is 0.691. The normalized spacial score (nSPS) is 21.0. The molecule has 1 saturated carbocycles. The van der Waals surface area contributed by atoms with E-state index in [9.17, 15) is 4.21 Å². The van der Waals surface area contributed by atoms with Crippen LogP contribution in [0.3, 0.4) is 0 Å². The van der Waals surface area contributed by atoms with Gasteiger partial charge in [-0.3, -0.25) is 4.98 Å². The second-order valence-electron chi connectivity index (χ2n) is 3.18. The first-order chi connectivity index (χ1) is 6.17. The van der Waals surface area contributed by atoms with Gasteiger partial charge in [-0.25, -0.2) is 4.21 Å². The number of hydrogen-bond donors (Lipinski definition) is 2. The third-order valence-electron chi connectivity index (χ3n) is 2.31. The van der Waals surface area contributed by atoms with Gasteiger partial charge in [-0.05, 0) is 25.0 Å². The molecule has 1 fully saturated rings. The molecule has 0 amide bonds. The number of nitrogens with two attached hydrogens (primary N) is 1. The summed E-state index contributed by atoms with van der Waals surface area (Å²) in [5.41, 5.74) is 6.74. The van der Waals surface area contributed by atoms with Crippen molar-refractivity contribution in [1.29, 1.82) is 0 Å². The van der Waals surface area contributed by atoms with Crippen LogP contribution in [-0.4, -0.2) is 13.7 Å². The zero-order chi connectivity index (χ0) is 9.47. The lowest BCUT2D eigenvalue weighted by Gasteiger charge is -2.11. The molecule has 1 heterocycles. The Morgan fingerprint density at radius 3 is 2.77 bits per heavy atom. The number of nitrogen functional groups attached to an aromatic ring is 1. The number of aromatic nitrogens is 1. The molecule has 1 aliphatic carbocycles. The van der Waals surface area contributed by atoms with Crippen LogP contribution >= 0.6 is 0 Å². The first-order valence-corrected chi connectivity index (χ1v) is 5.09. The Morgan fingerprint density at radius 1 is 1.62 bits per heavy atom. The smallest absolute Gasteiger partial charge is 0.165 e. The molecule has 0 spiro atoms. The van der Waals surface area contributed by atoms with Crippen molar-refractivity contribution in [3.05, 3.63) is 24.0 Å². The van der Waals surface area contributed by atoms with Crippen molar-refractivity contribution in [3.63, 3.8) is 0 Å². The maximum Gasteiger partial charge on any atom is 0.165 e. The molecule has 13 heavy (non-hydrogen) atoms. The second-order valence-corrected chi connectivity index (χ2v) is 4.46. The Labute approximate surface area is 78.5 Å². The maximum absolute atomic E-state index is 11.1. The van der Waals surface area contributed by atoms with E-state index in [-0.39, 0.29) is 0 Å². The predicted molar refractivity (Wildman–Crippen MR) is 50.3 cm³/mol. The molecule has 3 N–H and O–H groups in total. The summed E-state index contributed by atoms with van der Waals surface area (Å²) in [5.74, 6) is 0. The van der Waals surface area contributed by atoms with E-state index in [0.717, 1.165) is 0 Å². The van der Waals surface area contributed by atoms with Crippen LogP contribution in [0.2, 0.25) is 0 Å². The summed E-state index contributed by atoms with van der Waals surface area (Å²) in [6.45, 7) is 0. The fourth-order valence-corrected chi connectivity index (χ4v) is 2.19. The average molecular weight is 198 g/mol. The molecule has 1 aromatic heterocycles. The Morgan fingerprint density at radius 2 is 2.31 bits per heavy atom. The Bertz CT molecular complexity index is 363. The lowest BCUT2D eigenvalue weighted by atomic mass is 10.2. The van der Waals surface area contributed by atoms with Gasteiger partial charge in [0, 0.05) is 6.20 Å². The van der Waals surface area contributed by atoms with Crippen molar-refractivity contribution in [1.82, 2.24) is 4.98 Å². The van der Waals surface area contributed by atoms with Crippen LogP contribution < -0.4 is 5.73 Å². The third kappa shape index (κ3) is 1.24. The first-order valence-electron chi connectivity index (χ1n) is 3.99. The van der Waals surface area contributed by atoms with Crippen LogP contribution in [0.5, 0.6) is 0 Å². The summed E-state index contributed by atoms with van der Waals surface area (Å²) in [5, 5.41) is 0. The number of nitrogens with zero attached hydrogens (tertiary/aromatic N) is 1.